The predicted octanol–water partition coefficient (Wildman–Crippen LogP) is 2.94. The van der Waals surface area contributed by atoms with Crippen LogP contribution in [0.15, 0.2) is 48.5 Å². The van der Waals surface area contributed by atoms with Crippen molar-refractivity contribution in [1.29, 1.82) is 0 Å². The molecule has 0 saturated carbocycles. The zero-order chi connectivity index (χ0) is 16.2. The minimum absolute atomic E-state index is 0.0120. The van der Waals surface area contributed by atoms with E-state index in [-0.39, 0.29) is 12.5 Å². The number of benzene rings is 2. The molecule has 0 aliphatic rings. The highest BCUT2D eigenvalue weighted by atomic mass is 35.5. The van der Waals surface area contributed by atoms with Crippen LogP contribution in [-0.2, 0) is 11.3 Å². The maximum Gasteiger partial charge on any atom is 0.248 e. The smallest absolute Gasteiger partial charge is 0.248 e. The molecule has 1 N–H and O–H groups in total. The first-order chi connectivity index (χ1) is 11.1. The van der Waals surface area contributed by atoms with Crippen LogP contribution < -0.4 is 5.32 Å². The third-order valence-electron chi connectivity index (χ3n) is 3.24. The number of para-hydroxylation sites is 1. The van der Waals surface area contributed by atoms with Gasteiger partial charge in [-0.15, -0.1) is 10.2 Å². The van der Waals surface area contributed by atoms with E-state index in [1.54, 1.807) is 12.1 Å². The van der Waals surface area contributed by atoms with E-state index < -0.39 is 0 Å². The Morgan fingerprint density at radius 1 is 1.22 bits per heavy atom. The van der Waals surface area contributed by atoms with E-state index in [2.05, 4.69) is 20.7 Å². The highest BCUT2D eigenvalue weighted by molar-refractivity contribution is 6.30. The number of amides is 1. The first kappa shape index (κ1) is 15.2. The van der Waals surface area contributed by atoms with Crippen molar-refractivity contribution in [2.75, 3.05) is 5.32 Å². The van der Waals surface area contributed by atoms with E-state index in [0.717, 1.165) is 16.8 Å². The first-order valence-electron chi connectivity index (χ1n) is 7.01. The molecule has 0 saturated heterocycles. The molecule has 1 aromatic heterocycles. The van der Waals surface area contributed by atoms with Crippen molar-refractivity contribution in [2.24, 2.45) is 0 Å². The monoisotopic (exact) mass is 327 g/mol. The Kier molecular flexibility index (Phi) is 4.34. The summed E-state index contributed by atoms with van der Waals surface area (Å²) in [6.07, 6.45) is 0. The Hall–Kier alpha value is -2.73. The fourth-order valence-corrected chi connectivity index (χ4v) is 2.27. The molecule has 1 heterocycles. The van der Waals surface area contributed by atoms with Gasteiger partial charge in [0, 0.05) is 16.3 Å². The Morgan fingerprint density at radius 2 is 2.04 bits per heavy atom. The van der Waals surface area contributed by atoms with Crippen molar-refractivity contribution in [1.82, 2.24) is 20.2 Å². The minimum Gasteiger partial charge on any atom is -0.324 e. The second kappa shape index (κ2) is 6.58. The van der Waals surface area contributed by atoms with Crippen LogP contribution in [0.25, 0.3) is 11.4 Å². The number of tetrazole rings is 1. The van der Waals surface area contributed by atoms with Crippen LogP contribution in [0.3, 0.4) is 0 Å². The quantitative estimate of drug-likeness (QED) is 0.799. The normalized spacial score (nSPS) is 10.5. The number of halogens is 1. The van der Waals surface area contributed by atoms with Crippen molar-refractivity contribution in [3.8, 4) is 11.4 Å². The third-order valence-corrected chi connectivity index (χ3v) is 3.47. The van der Waals surface area contributed by atoms with Crippen LogP contribution in [0.4, 0.5) is 5.69 Å². The second-order valence-electron chi connectivity index (χ2n) is 5.02. The predicted molar refractivity (Wildman–Crippen MR) is 88.1 cm³/mol. The standard InChI is InChI=1S/C16H14ClN5O/c1-11-5-2-3-8-14(11)18-15(23)10-22-20-16(19-21-22)12-6-4-7-13(17)9-12/h2-9H,10H2,1H3,(H,18,23). The number of aryl methyl sites for hydroxylation is 1. The lowest BCUT2D eigenvalue weighted by Gasteiger charge is -2.07. The van der Waals surface area contributed by atoms with Crippen LogP contribution in [0.2, 0.25) is 5.02 Å². The zero-order valence-electron chi connectivity index (χ0n) is 12.4. The molecule has 0 spiro atoms. The highest BCUT2D eigenvalue weighted by Crippen LogP contribution is 2.18. The van der Waals surface area contributed by atoms with Crippen molar-refractivity contribution < 1.29 is 4.79 Å². The van der Waals surface area contributed by atoms with Gasteiger partial charge in [0.1, 0.15) is 6.54 Å². The van der Waals surface area contributed by atoms with Crippen molar-refractivity contribution in [2.45, 2.75) is 13.5 Å². The molecule has 0 bridgehead atoms. The number of aromatic nitrogens is 4. The fraction of sp³-hybridized carbons (Fsp3) is 0.125. The summed E-state index contributed by atoms with van der Waals surface area (Å²) < 4.78 is 0. The number of hydrogen-bond acceptors (Lipinski definition) is 4. The lowest BCUT2D eigenvalue weighted by Crippen LogP contribution is -2.20. The molecular formula is C16H14ClN5O. The lowest BCUT2D eigenvalue weighted by molar-refractivity contribution is -0.117. The summed E-state index contributed by atoms with van der Waals surface area (Å²) in [4.78, 5) is 13.3. The number of carbonyl (C=O) groups is 1. The van der Waals surface area contributed by atoms with E-state index >= 15 is 0 Å². The molecule has 0 aliphatic heterocycles. The topological polar surface area (TPSA) is 72.7 Å². The molecule has 3 rings (SSSR count). The van der Waals surface area contributed by atoms with Crippen LogP contribution in [0, 0.1) is 6.92 Å². The number of hydrogen-bond donors (Lipinski definition) is 1. The minimum atomic E-state index is -0.214. The number of rotatable bonds is 4. The number of carbonyl (C=O) groups excluding carboxylic acids is 1. The summed E-state index contributed by atoms with van der Waals surface area (Å²) >= 11 is 5.94. The molecule has 6 nitrogen and oxygen atoms in total. The van der Waals surface area contributed by atoms with Crippen molar-refractivity contribution >= 4 is 23.2 Å². The molecule has 0 radical (unpaired) electrons. The van der Waals surface area contributed by atoms with E-state index in [1.807, 2.05) is 43.3 Å². The summed E-state index contributed by atoms with van der Waals surface area (Å²) in [5.74, 6) is 0.213. The van der Waals surface area contributed by atoms with Gasteiger partial charge < -0.3 is 5.32 Å². The van der Waals surface area contributed by atoms with Gasteiger partial charge in [0.15, 0.2) is 0 Å². The molecule has 7 heteroatoms. The Labute approximate surface area is 138 Å². The van der Waals surface area contributed by atoms with Gasteiger partial charge >= 0.3 is 0 Å². The van der Waals surface area contributed by atoms with Crippen LogP contribution in [-0.4, -0.2) is 26.1 Å². The van der Waals surface area contributed by atoms with Gasteiger partial charge in [-0.25, -0.2) is 0 Å². The van der Waals surface area contributed by atoms with Gasteiger partial charge in [0.25, 0.3) is 0 Å². The molecule has 0 aliphatic carbocycles. The van der Waals surface area contributed by atoms with Gasteiger partial charge in [-0.2, -0.15) is 4.80 Å². The molecular weight excluding hydrogens is 314 g/mol. The lowest BCUT2D eigenvalue weighted by atomic mass is 10.2. The molecule has 0 unspecified atom stereocenters. The maximum absolute atomic E-state index is 12.1. The Balaban J connectivity index is 1.69. The van der Waals surface area contributed by atoms with Gasteiger partial charge in [-0.1, -0.05) is 41.9 Å². The molecule has 3 aromatic rings. The maximum atomic E-state index is 12.1. The zero-order valence-corrected chi connectivity index (χ0v) is 13.2. The Morgan fingerprint density at radius 3 is 2.83 bits per heavy atom. The van der Waals surface area contributed by atoms with Crippen molar-refractivity contribution in [3.05, 3.63) is 59.1 Å². The molecule has 2 aromatic carbocycles. The number of nitrogens with one attached hydrogen (secondary N) is 1. The van der Waals surface area contributed by atoms with Crippen LogP contribution >= 0.6 is 11.6 Å². The van der Waals surface area contributed by atoms with Gasteiger partial charge in [-0.05, 0) is 35.9 Å². The average molecular weight is 328 g/mol. The molecule has 23 heavy (non-hydrogen) atoms. The molecule has 1 amide bonds. The van der Waals surface area contributed by atoms with Gasteiger partial charge in [0.2, 0.25) is 11.7 Å². The summed E-state index contributed by atoms with van der Waals surface area (Å²) in [5.41, 5.74) is 2.52. The second-order valence-corrected chi connectivity index (χ2v) is 5.45. The first-order valence-corrected chi connectivity index (χ1v) is 7.39. The van der Waals surface area contributed by atoms with Gasteiger partial charge in [-0.3, -0.25) is 4.79 Å². The highest BCUT2D eigenvalue weighted by Gasteiger charge is 2.10. The van der Waals surface area contributed by atoms with Crippen LogP contribution in [0.1, 0.15) is 5.56 Å². The Bertz CT molecular complexity index is 846. The van der Waals surface area contributed by atoms with Crippen LogP contribution in [0.5, 0.6) is 0 Å². The van der Waals surface area contributed by atoms with E-state index in [9.17, 15) is 4.79 Å². The molecule has 116 valence electrons. The summed E-state index contributed by atoms with van der Waals surface area (Å²) in [5, 5.41) is 15.5. The fourth-order valence-electron chi connectivity index (χ4n) is 2.08. The van der Waals surface area contributed by atoms with E-state index in [1.165, 1.54) is 4.80 Å². The van der Waals surface area contributed by atoms with Crippen molar-refractivity contribution in [3.63, 3.8) is 0 Å². The molecule has 0 fully saturated rings. The number of nitrogens with zero attached hydrogens (tertiary/aromatic N) is 4. The summed E-state index contributed by atoms with van der Waals surface area (Å²) in [6, 6.07) is 14.7. The average Bonchev–Trinajstić information content (AvgIpc) is 2.98. The van der Waals surface area contributed by atoms with E-state index in [0.29, 0.717) is 10.8 Å². The molecule has 0 atom stereocenters. The SMILES string of the molecule is Cc1ccccc1NC(=O)Cn1nnc(-c2cccc(Cl)c2)n1. The summed E-state index contributed by atoms with van der Waals surface area (Å²) in [6.45, 7) is 1.92. The largest absolute Gasteiger partial charge is 0.324 e. The third kappa shape index (κ3) is 3.73. The van der Waals surface area contributed by atoms with E-state index in [4.69, 9.17) is 11.6 Å². The van der Waals surface area contributed by atoms with Gasteiger partial charge in [0.05, 0.1) is 0 Å². The summed E-state index contributed by atoms with van der Waals surface area (Å²) in [7, 11) is 0. The number of anilines is 1.